The number of hydrogen-bond donors (Lipinski definition) is 3. The van der Waals surface area contributed by atoms with Crippen LogP contribution < -0.4 is 10.6 Å². The Morgan fingerprint density at radius 1 is 1.10 bits per heavy atom. The van der Waals surface area contributed by atoms with Gasteiger partial charge in [0, 0.05) is 37.3 Å². The number of H-pyrrole nitrogens is 1. The number of amides is 3. The number of hydrogen-bond acceptors (Lipinski definition) is 6. The second-order valence-corrected chi connectivity index (χ2v) is 11.3. The maximum absolute atomic E-state index is 14.2. The third-order valence-electron chi connectivity index (χ3n) is 8.08. The van der Waals surface area contributed by atoms with Gasteiger partial charge in [-0.3, -0.25) is 14.4 Å². The molecule has 3 aromatic rings. The van der Waals surface area contributed by atoms with Crippen LogP contribution in [-0.2, 0) is 14.4 Å². The summed E-state index contributed by atoms with van der Waals surface area (Å²) in [6, 6.07) is 10.4. The Hall–Kier alpha value is -3.79. The molecule has 0 radical (unpaired) electrons. The molecule has 2 fully saturated rings. The summed E-state index contributed by atoms with van der Waals surface area (Å²) in [5.74, 6) is 0.473. The standard InChI is InChI=1S/C30H39N7O3/c1-18(2)16-25(38)36-15-13-21-10-11-24(37(21)30(40)23(17-36)33-29(39)19(3)31-4)27-34-26-22(12-14-32-28(26)35-27)20-8-6-5-7-9-20/h5-9,12,14,18-19,21,23-24,31H,10-11,13,15-17H2,1-4H3,(H,33,39)(H,32,34,35)/t19-,21+,23-,24-/m0/s1. The molecule has 5 rings (SSSR count). The Morgan fingerprint density at radius 2 is 1.88 bits per heavy atom. The summed E-state index contributed by atoms with van der Waals surface area (Å²) in [5, 5.41) is 5.87. The third-order valence-corrected chi connectivity index (χ3v) is 8.08. The summed E-state index contributed by atoms with van der Waals surface area (Å²) in [5.41, 5.74) is 3.51. The van der Waals surface area contributed by atoms with Crippen molar-refractivity contribution in [3.05, 3.63) is 48.4 Å². The van der Waals surface area contributed by atoms with E-state index >= 15 is 0 Å². The molecule has 3 N–H and O–H groups in total. The molecule has 2 aliphatic rings. The number of likely N-dealkylation sites (N-methyl/N-ethyl adjacent to an activating group) is 1. The van der Waals surface area contributed by atoms with Crippen molar-refractivity contribution in [2.45, 2.75) is 70.6 Å². The maximum atomic E-state index is 14.2. The molecule has 2 aromatic heterocycles. The van der Waals surface area contributed by atoms with Gasteiger partial charge in [0.2, 0.25) is 17.7 Å². The summed E-state index contributed by atoms with van der Waals surface area (Å²) in [6.07, 6.45) is 4.39. The molecule has 0 unspecified atom stereocenters. The zero-order valence-corrected chi connectivity index (χ0v) is 23.7. The van der Waals surface area contributed by atoms with Crippen LogP contribution in [0.2, 0.25) is 0 Å². The fourth-order valence-corrected chi connectivity index (χ4v) is 5.83. The number of benzene rings is 1. The van der Waals surface area contributed by atoms with E-state index in [-0.39, 0.29) is 42.3 Å². The van der Waals surface area contributed by atoms with Crippen molar-refractivity contribution in [3.8, 4) is 11.1 Å². The Labute approximate surface area is 234 Å². The van der Waals surface area contributed by atoms with Gasteiger partial charge in [-0.2, -0.15) is 0 Å². The number of pyridine rings is 1. The summed E-state index contributed by atoms with van der Waals surface area (Å²) >= 11 is 0. The van der Waals surface area contributed by atoms with E-state index in [4.69, 9.17) is 4.98 Å². The molecule has 0 saturated carbocycles. The predicted molar refractivity (Wildman–Crippen MR) is 153 cm³/mol. The minimum absolute atomic E-state index is 0.0171. The van der Waals surface area contributed by atoms with E-state index in [0.717, 1.165) is 29.5 Å². The molecule has 4 atom stereocenters. The van der Waals surface area contributed by atoms with E-state index in [1.807, 2.05) is 43.0 Å². The van der Waals surface area contributed by atoms with Crippen LogP contribution in [0.4, 0.5) is 0 Å². The summed E-state index contributed by atoms with van der Waals surface area (Å²) in [4.78, 5) is 56.7. The van der Waals surface area contributed by atoms with Crippen LogP contribution in [-0.4, -0.2) is 80.7 Å². The number of nitrogens with zero attached hydrogens (tertiary/aromatic N) is 4. The summed E-state index contributed by atoms with van der Waals surface area (Å²) < 4.78 is 0. The number of nitrogens with one attached hydrogen (secondary N) is 3. The highest BCUT2D eigenvalue weighted by Crippen LogP contribution is 2.39. The van der Waals surface area contributed by atoms with Gasteiger partial charge in [0.1, 0.15) is 11.9 Å². The van der Waals surface area contributed by atoms with E-state index in [1.54, 1.807) is 25.1 Å². The van der Waals surface area contributed by atoms with Gasteiger partial charge in [-0.1, -0.05) is 44.2 Å². The number of carbonyl (C=O) groups excluding carboxylic acids is 3. The number of fused-ring (bicyclic) bond motifs is 2. The fraction of sp³-hybridized carbons (Fsp3) is 0.500. The minimum Gasteiger partial charge on any atom is -0.341 e. The zero-order chi connectivity index (χ0) is 28.4. The molecule has 0 spiro atoms. The first-order valence-corrected chi connectivity index (χ1v) is 14.2. The monoisotopic (exact) mass is 545 g/mol. The first kappa shape index (κ1) is 27.8. The van der Waals surface area contributed by atoms with E-state index in [9.17, 15) is 14.4 Å². The van der Waals surface area contributed by atoms with Crippen LogP contribution >= 0.6 is 0 Å². The Balaban J connectivity index is 1.47. The normalized spacial score (nSPS) is 22.2. The first-order valence-electron chi connectivity index (χ1n) is 14.2. The topological polar surface area (TPSA) is 123 Å². The summed E-state index contributed by atoms with van der Waals surface area (Å²) in [6.45, 7) is 6.46. The molecule has 40 heavy (non-hydrogen) atoms. The van der Waals surface area contributed by atoms with Gasteiger partial charge in [0.25, 0.3) is 0 Å². The van der Waals surface area contributed by atoms with Gasteiger partial charge in [-0.25, -0.2) is 9.97 Å². The lowest BCUT2D eigenvalue weighted by atomic mass is 10.0. The van der Waals surface area contributed by atoms with Crippen LogP contribution in [0.1, 0.15) is 58.3 Å². The van der Waals surface area contributed by atoms with Crippen LogP contribution in [0.5, 0.6) is 0 Å². The Morgan fingerprint density at radius 3 is 2.60 bits per heavy atom. The lowest BCUT2D eigenvalue weighted by Crippen LogP contribution is -2.60. The van der Waals surface area contributed by atoms with Crippen molar-refractivity contribution in [1.82, 2.24) is 35.4 Å². The lowest BCUT2D eigenvalue weighted by Gasteiger charge is -2.39. The van der Waals surface area contributed by atoms with Gasteiger partial charge in [0.05, 0.1) is 17.6 Å². The number of carbonyl (C=O) groups is 3. The van der Waals surface area contributed by atoms with Gasteiger partial charge < -0.3 is 25.4 Å². The Bertz CT molecular complexity index is 1370. The minimum atomic E-state index is -0.842. The van der Waals surface area contributed by atoms with Gasteiger partial charge in [-0.05, 0) is 50.8 Å². The molecule has 10 heteroatoms. The third kappa shape index (κ3) is 5.58. The Kier molecular flexibility index (Phi) is 8.16. The van der Waals surface area contributed by atoms with E-state index < -0.39 is 12.1 Å². The number of rotatable bonds is 7. The van der Waals surface area contributed by atoms with E-state index in [2.05, 4.69) is 32.7 Å². The number of imidazole rings is 1. The largest absolute Gasteiger partial charge is 0.341 e. The van der Waals surface area contributed by atoms with E-state index in [0.29, 0.717) is 30.9 Å². The molecule has 3 amide bonds. The smallest absolute Gasteiger partial charge is 0.247 e. The second-order valence-electron chi connectivity index (χ2n) is 11.3. The predicted octanol–water partition coefficient (Wildman–Crippen LogP) is 3.03. The quantitative estimate of drug-likeness (QED) is 0.419. The highest BCUT2D eigenvalue weighted by atomic mass is 16.2. The van der Waals surface area contributed by atoms with Crippen LogP contribution in [0.25, 0.3) is 22.3 Å². The molecule has 0 bridgehead atoms. The van der Waals surface area contributed by atoms with Crippen molar-refractivity contribution < 1.29 is 14.4 Å². The van der Waals surface area contributed by atoms with Crippen molar-refractivity contribution >= 4 is 28.9 Å². The molecule has 1 aromatic carbocycles. The number of aromatic nitrogens is 3. The maximum Gasteiger partial charge on any atom is 0.247 e. The average Bonchev–Trinajstić information content (AvgIpc) is 3.56. The van der Waals surface area contributed by atoms with Gasteiger partial charge in [0.15, 0.2) is 5.65 Å². The molecule has 212 valence electrons. The molecular weight excluding hydrogens is 506 g/mol. The fourth-order valence-electron chi connectivity index (χ4n) is 5.83. The van der Waals surface area contributed by atoms with Crippen molar-refractivity contribution in [1.29, 1.82) is 0 Å². The van der Waals surface area contributed by atoms with Crippen molar-refractivity contribution in [3.63, 3.8) is 0 Å². The zero-order valence-electron chi connectivity index (χ0n) is 23.7. The van der Waals surface area contributed by atoms with E-state index in [1.165, 1.54) is 0 Å². The highest BCUT2D eigenvalue weighted by molar-refractivity contribution is 5.92. The summed E-state index contributed by atoms with van der Waals surface area (Å²) in [7, 11) is 1.70. The molecule has 0 aliphatic carbocycles. The molecular formula is C30H39N7O3. The van der Waals surface area contributed by atoms with Crippen LogP contribution in [0, 0.1) is 5.92 Å². The second kappa shape index (κ2) is 11.8. The number of aromatic amines is 1. The van der Waals surface area contributed by atoms with Crippen LogP contribution in [0.3, 0.4) is 0 Å². The highest BCUT2D eigenvalue weighted by Gasteiger charge is 2.44. The molecule has 10 nitrogen and oxygen atoms in total. The average molecular weight is 546 g/mol. The van der Waals surface area contributed by atoms with Crippen LogP contribution in [0.15, 0.2) is 42.6 Å². The molecule has 2 aliphatic heterocycles. The SMILES string of the molecule is CN[C@@H](C)C(=O)N[C@H]1CN(C(=O)CC(C)C)CC[C@H]2CC[C@@H](c3nc4nccc(-c5ccccc5)c4[nH]3)N2C1=O. The van der Waals surface area contributed by atoms with Gasteiger partial charge in [-0.15, -0.1) is 0 Å². The molecule has 4 heterocycles. The van der Waals surface area contributed by atoms with Crippen molar-refractivity contribution in [2.24, 2.45) is 5.92 Å². The lowest BCUT2D eigenvalue weighted by molar-refractivity contribution is -0.144. The van der Waals surface area contributed by atoms with Crippen molar-refractivity contribution in [2.75, 3.05) is 20.1 Å². The first-order chi connectivity index (χ1) is 19.3. The van der Waals surface area contributed by atoms with Gasteiger partial charge >= 0.3 is 0 Å². The molecule has 2 saturated heterocycles.